The summed E-state index contributed by atoms with van der Waals surface area (Å²) in [6, 6.07) is 5.39. The monoisotopic (exact) mass is 478 g/mol. The molecule has 188 valence electrons. The maximum absolute atomic E-state index is 12.1. The number of likely N-dealkylation sites (N-methyl/N-ethyl adjacent to an activating group) is 1. The Bertz CT molecular complexity index is 894. The van der Waals surface area contributed by atoms with Crippen LogP contribution in [0.15, 0.2) is 28.2 Å². The number of hydrogen-bond acceptors (Lipinski definition) is 8. The summed E-state index contributed by atoms with van der Waals surface area (Å²) in [4.78, 5) is 30.9. The minimum absolute atomic E-state index is 0.188. The van der Waals surface area contributed by atoms with Gasteiger partial charge in [-0.1, -0.05) is 0 Å². The maximum Gasteiger partial charge on any atom is 0.280 e. The molecule has 11 heteroatoms. The molecule has 1 amide bonds. The van der Waals surface area contributed by atoms with Gasteiger partial charge in [0.05, 0.1) is 77.2 Å². The third kappa shape index (κ3) is 11.0. The molecule has 34 heavy (non-hydrogen) atoms. The van der Waals surface area contributed by atoms with Crippen LogP contribution < -0.4 is 14.8 Å². The first kappa shape index (κ1) is 28.8. The second kappa shape index (κ2) is 15.5. The first-order valence-corrected chi connectivity index (χ1v) is 11.1. The summed E-state index contributed by atoms with van der Waals surface area (Å²) in [5.41, 5.74) is 0.0454. The van der Waals surface area contributed by atoms with Crippen LogP contribution in [0.1, 0.15) is 18.9 Å². The normalized spacial score (nSPS) is 11.1. The Hall–Kier alpha value is -3.27. The number of carbonyl (C=O) groups is 1. The van der Waals surface area contributed by atoms with Crippen molar-refractivity contribution >= 4 is 23.7 Å². The van der Waals surface area contributed by atoms with Crippen LogP contribution in [-0.4, -0.2) is 95.6 Å². The van der Waals surface area contributed by atoms with Crippen LogP contribution >= 0.6 is 0 Å². The molecule has 0 spiro atoms. The molecule has 1 aromatic carbocycles. The lowest BCUT2D eigenvalue weighted by Gasteiger charge is -2.29. The summed E-state index contributed by atoms with van der Waals surface area (Å²) in [6.07, 6.45) is 3.55. The van der Waals surface area contributed by atoms with Crippen molar-refractivity contribution in [1.82, 2.24) is 5.32 Å². The van der Waals surface area contributed by atoms with Gasteiger partial charge in [-0.25, -0.2) is 9.98 Å². The van der Waals surface area contributed by atoms with Crippen molar-refractivity contribution in [3.05, 3.63) is 33.9 Å². The highest BCUT2D eigenvalue weighted by Crippen LogP contribution is 2.35. The quantitative estimate of drug-likeness (QED) is 0.0972. The van der Waals surface area contributed by atoms with E-state index in [0.717, 1.165) is 24.0 Å². The molecular formula is C23H36N5O6+. The number of nitrogens with one attached hydrogen (secondary N) is 1. The van der Waals surface area contributed by atoms with Gasteiger partial charge >= 0.3 is 0 Å². The number of ether oxygens (including phenoxy) is 3. The SMILES string of the molecule is CCN=C=NCCC[N+](C)(C)CCOCCNC(=O)C=Cc1cc(OC)c(OC)cc1[N+](=O)[O-]. The Balaban J connectivity index is 2.40. The highest BCUT2D eigenvalue weighted by atomic mass is 16.6. The van der Waals surface area contributed by atoms with Crippen molar-refractivity contribution in [2.75, 3.05) is 74.3 Å². The lowest BCUT2D eigenvalue weighted by Crippen LogP contribution is -2.43. The molecule has 1 rings (SSSR count). The molecule has 1 aromatic rings. The van der Waals surface area contributed by atoms with E-state index in [1.165, 1.54) is 38.5 Å². The van der Waals surface area contributed by atoms with Crippen LogP contribution in [0.4, 0.5) is 5.69 Å². The van der Waals surface area contributed by atoms with E-state index >= 15 is 0 Å². The highest BCUT2D eigenvalue weighted by molar-refractivity contribution is 5.92. The molecule has 0 atom stereocenters. The topological polar surface area (TPSA) is 125 Å². The average Bonchev–Trinajstić information content (AvgIpc) is 2.81. The fraction of sp³-hybridized carbons (Fsp3) is 0.565. The van der Waals surface area contributed by atoms with Gasteiger partial charge in [-0.2, -0.15) is 0 Å². The van der Waals surface area contributed by atoms with Crippen LogP contribution in [-0.2, 0) is 9.53 Å². The molecule has 0 heterocycles. The van der Waals surface area contributed by atoms with E-state index in [1.54, 1.807) is 0 Å². The predicted octanol–water partition coefficient (Wildman–Crippen LogP) is 2.42. The number of amides is 1. The van der Waals surface area contributed by atoms with Crippen LogP contribution in [0.5, 0.6) is 11.5 Å². The van der Waals surface area contributed by atoms with Gasteiger partial charge < -0.3 is 24.0 Å². The zero-order chi connectivity index (χ0) is 25.4. The Morgan fingerprint density at radius 2 is 1.88 bits per heavy atom. The second-order valence-electron chi connectivity index (χ2n) is 7.95. The van der Waals surface area contributed by atoms with Gasteiger partial charge in [0.15, 0.2) is 11.5 Å². The van der Waals surface area contributed by atoms with Gasteiger partial charge in [-0.3, -0.25) is 14.9 Å². The molecule has 0 bridgehead atoms. The molecule has 11 nitrogen and oxygen atoms in total. The summed E-state index contributed by atoms with van der Waals surface area (Å²) in [5, 5.41) is 14.0. The number of rotatable bonds is 16. The van der Waals surface area contributed by atoms with Crippen molar-refractivity contribution in [2.45, 2.75) is 13.3 Å². The average molecular weight is 479 g/mol. The third-order valence-corrected chi connectivity index (χ3v) is 4.86. The first-order chi connectivity index (χ1) is 16.2. The Kier molecular flexibility index (Phi) is 13.2. The lowest BCUT2D eigenvalue weighted by molar-refractivity contribution is -0.890. The number of nitro benzene ring substituents is 1. The van der Waals surface area contributed by atoms with E-state index in [0.29, 0.717) is 38.6 Å². The summed E-state index contributed by atoms with van der Waals surface area (Å²) in [7, 11) is 7.09. The molecular weight excluding hydrogens is 442 g/mol. The minimum Gasteiger partial charge on any atom is -0.493 e. The third-order valence-electron chi connectivity index (χ3n) is 4.86. The van der Waals surface area contributed by atoms with E-state index in [1.807, 2.05) is 6.92 Å². The molecule has 0 unspecified atom stereocenters. The van der Waals surface area contributed by atoms with Gasteiger partial charge in [0, 0.05) is 25.6 Å². The zero-order valence-corrected chi connectivity index (χ0v) is 20.7. The standard InChI is InChI=1S/C23H35N5O6/c1-6-24-18-25-10-7-12-28(2,3)13-15-34-14-11-26-23(29)9-8-19-16-21(32-4)22(33-5)17-20(19)27(30)31/h8-9,16-17H,6-7,10-15H2,1-5H3/p+1. The van der Waals surface area contributed by atoms with Gasteiger partial charge in [0.2, 0.25) is 5.91 Å². The number of aliphatic imine (C=N–C) groups is 2. The predicted molar refractivity (Wildman–Crippen MR) is 131 cm³/mol. The first-order valence-electron chi connectivity index (χ1n) is 11.1. The number of benzene rings is 1. The number of nitrogens with zero attached hydrogens (tertiary/aromatic N) is 4. The van der Waals surface area contributed by atoms with Crippen molar-refractivity contribution in [3.8, 4) is 11.5 Å². The largest absolute Gasteiger partial charge is 0.493 e. The number of hydrogen-bond donors (Lipinski definition) is 1. The molecule has 0 aliphatic carbocycles. The number of carbonyl (C=O) groups excluding carboxylic acids is 1. The molecule has 0 aromatic heterocycles. The molecule has 0 saturated carbocycles. The lowest BCUT2D eigenvalue weighted by atomic mass is 10.1. The van der Waals surface area contributed by atoms with E-state index in [9.17, 15) is 14.9 Å². The van der Waals surface area contributed by atoms with Crippen LogP contribution in [0.2, 0.25) is 0 Å². The van der Waals surface area contributed by atoms with Gasteiger partial charge in [-0.15, -0.1) is 0 Å². The Labute approximate surface area is 200 Å². The van der Waals surface area contributed by atoms with Crippen LogP contribution in [0, 0.1) is 10.1 Å². The number of nitro groups is 1. The maximum atomic E-state index is 12.1. The molecule has 0 saturated heterocycles. The zero-order valence-electron chi connectivity index (χ0n) is 20.7. The van der Waals surface area contributed by atoms with Crippen molar-refractivity contribution < 1.29 is 28.4 Å². The van der Waals surface area contributed by atoms with Gasteiger partial charge in [0.1, 0.15) is 6.54 Å². The summed E-state index contributed by atoms with van der Waals surface area (Å²) in [6.45, 7) is 6.41. The van der Waals surface area contributed by atoms with Crippen LogP contribution in [0.25, 0.3) is 6.08 Å². The van der Waals surface area contributed by atoms with Crippen molar-refractivity contribution in [1.29, 1.82) is 0 Å². The Morgan fingerprint density at radius 3 is 2.53 bits per heavy atom. The van der Waals surface area contributed by atoms with Gasteiger partial charge in [0.25, 0.3) is 5.69 Å². The number of methoxy groups -OCH3 is 2. The van der Waals surface area contributed by atoms with Crippen LogP contribution in [0.3, 0.4) is 0 Å². The minimum atomic E-state index is -0.540. The number of quaternary nitrogens is 1. The smallest absolute Gasteiger partial charge is 0.280 e. The highest BCUT2D eigenvalue weighted by Gasteiger charge is 2.18. The van der Waals surface area contributed by atoms with Crippen molar-refractivity contribution in [2.24, 2.45) is 9.98 Å². The summed E-state index contributed by atoms with van der Waals surface area (Å²) >= 11 is 0. The fourth-order valence-electron chi connectivity index (χ4n) is 2.92. The van der Waals surface area contributed by atoms with E-state index in [4.69, 9.17) is 14.2 Å². The van der Waals surface area contributed by atoms with Crippen molar-refractivity contribution in [3.63, 3.8) is 0 Å². The van der Waals surface area contributed by atoms with E-state index in [2.05, 4.69) is 35.4 Å². The van der Waals surface area contributed by atoms with E-state index < -0.39 is 4.92 Å². The molecule has 0 aliphatic heterocycles. The van der Waals surface area contributed by atoms with E-state index in [-0.39, 0.29) is 22.9 Å². The molecule has 1 N–H and O–H groups in total. The second-order valence-corrected chi connectivity index (χ2v) is 7.95. The summed E-state index contributed by atoms with van der Waals surface area (Å²) in [5.74, 6) is 0.196. The Morgan fingerprint density at radius 1 is 1.18 bits per heavy atom. The molecule has 0 aliphatic rings. The molecule has 0 fully saturated rings. The van der Waals surface area contributed by atoms with Gasteiger partial charge in [-0.05, 0) is 19.1 Å². The molecule has 0 radical (unpaired) electrons. The fourth-order valence-corrected chi connectivity index (χ4v) is 2.92. The summed E-state index contributed by atoms with van der Waals surface area (Å²) < 4.78 is 16.7.